The minimum atomic E-state index is -0.212. The van der Waals surface area contributed by atoms with Crippen molar-refractivity contribution in [2.75, 3.05) is 6.61 Å². The summed E-state index contributed by atoms with van der Waals surface area (Å²) in [6.45, 7) is 2.05. The van der Waals surface area contributed by atoms with Crippen LogP contribution in [0.15, 0.2) is 42.5 Å². The predicted molar refractivity (Wildman–Crippen MR) is 82.4 cm³/mol. The van der Waals surface area contributed by atoms with E-state index in [1.54, 1.807) is 6.92 Å². The van der Waals surface area contributed by atoms with Crippen molar-refractivity contribution in [2.45, 2.75) is 13.5 Å². The lowest BCUT2D eigenvalue weighted by atomic mass is 10.1. The van der Waals surface area contributed by atoms with E-state index < -0.39 is 0 Å². The van der Waals surface area contributed by atoms with Gasteiger partial charge in [0.2, 0.25) is 0 Å². The number of aromatic amines is 1. The van der Waals surface area contributed by atoms with E-state index in [1.165, 1.54) is 0 Å². The van der Waals surface area contributed by atoms with Crippen LogP contribution in [0.5, 0.6) is 5.75 Å². The molecule has 3 aromatic rings. The molecule has 112 valence electrons. The van der Waals surface area contributed by atoms with Crippen LogP contribution in [0.2, 0.25) is 0 Å². The zero-order valence-electron chi connectivity index (χ0n) is 12.2. The van der Waals surface area contributed by atoms with Crippen molar-refractivity contribution in [1.29, 1.82) is 0 Å². The fraction of sp³-hybridized carbons (Fsp3) is 0.188. The summed E-state index contributed by atoms with van der Waals surface area (Å²) >= 11 is 0. The average molecular weight is 296 g/mol. The average Bonchev–Trinajstić information content (AvgIpc) is 2.96. The summed E-state index contributed by atoms with van der Waals surface area (Å²) in [5.41, 5.74) is 0. The molecule has 1 heterocycles. The maximum atomic E-state index is 11.8. The van der Waals surface area contributed by atoms with Gasteiger partial charge in [-0.15, -0.1) is 0 Å². The summed E-state index contributed by atoms with van der Waals surface area (Å²) in [6.07, 6.45) is 0. The molecular formula is C16H16N4O2. The second-order valence-electron chi connectivity index (χ2n) is 4.91. The molecule has 0 spiro atoms. The summed E-state index contributed by atoms with van der Waals surface area (Å²) in [7, 11) is 0. The first-order valence-electron chi connectivity index (χ1n) is 6.97. The van der Waals surface area contributed by atoms with Crippen LogP contribution >= 0.6 is 0 Å². The monoisotopic (exact) mass is 296 g/mol. The number of rotatable bonds is 5. The largest absolute Gasteiger partial charge is 0.484 e. The van der Waals surface area contributed by atoms with Gasteiger partial charge in [0.05, 0.1) is 6.54 Å². The van der Waals surface area contributed by atoms with Gasteiger partial charge in [-0.1, -0.05) is 30.3 Å². The highest BCUT2D eigenvalue weighted by Crippen LogP contribution is 2.20. The quantitative estimate of drug-likeness (QED) is 0.754. The van der Waals surface area contributed by atoms with Crippen LogP contribution in [0, 0.1) is 6.92 Å². The highest BCUT2D eigenvalue weighted by molar-refractivity contribution is 5.84. The molecule has 22 heavy (non-hydrogen) atoms. The van der Waals surface area contributed by atoms with Gasteiger partial charge >= 0.3 is 0 Å². The number of aromatic nitrogens is 3. The van der Waals surface area contributed by atoms with Crippen molar-refractivity contribution in [3.8, 4) is 5.75 Å². The zero-order valence-corrected chi connectivity index (χ0v) is 12.2. The summed E-state index contributed by atoms with van der Waals surface area (Å²) in [5.74, 6) is 1.73. The van der Waals surface area contributed by atoms with Crippen LogP contribution in [-0.4, -0.2) is 27.7 Å². The molecule has 3 rings (SSSR count). The highest BCUT2D eigenvalue weighted by atomic mass is 16.5. The molecule has 0 saturated carbocycles. The van der Waals surface area contributed by atoms with E-state index >= 15 is 0 Å². The van der Waals surface area contributed by atoms with Gasteiger partial charge in [0.25, 0.3) is 5.91 Å². The number of hydrogen-bond acceptors (Lipinski definition) is 4. The van der Waals surface area contributed by atoms with Gasteiger partial charge < -0.3 is 10.1 Å². The molecule has 0 aliphatic heterocycles. The standard InChI is InChI=1S/C16H16N4O2/c1-11-18-15(20-19-11)9-17-16(21)10-22-14-7-6-12-4-2-3-5-13(12)8-14/h2-8H,9-10H2,1H3,(H,17,21)(H,18,19,20). The molecule has 2 N–H and O–H groups in total. The lowest BCUT2D eigenvalue weighted by Crippen LogP contribution is -2.28. The number of amides is 1. The van der Waals surface area contributed by atoms with Gasteiger partial charge in [-0.2, -0.15) is 5.10 Å². The Hall–Kier alpha value is -2.89. The van der Waals surface area contributed by atoms with E-state index in [2.05, 4.69) is 20.5 Å². The first-order chi connectivity index (χ1) is 10.7. The summed E-state index contributed by atoms with van der Waals surface area (Å²) in [4.78, 5) is 15.9. The van der Waals surface area contributed by atoms with Crippen molar-refractivity contribution >= 4 is 16.7 Å². The number of benzene rings is 2. The summed E-state index contributed by atoms with van der Waals surface area (Å²) < 4.78 is 5.51. The first kappa shape index (κ1) is 14.1. The molecule has 0 fully saturated rings. The number of H-pyrrole nitrogens is 1. The summed E-state index contributed by atoms with van der Waals surface area (Å²) in [5, 5.41) is 11.6. The van der Waals surface area contributed by atoms with E-state index in [4.69, 9.17) is 4.74 Å². The molecule has 0 bridgehead atoms. The maximum absolute atomic E-state index is 11.8. The van der Waals surface area contributed by atoms with Crippen molar-refractivity contribution in [1.82, 2.24) is 20.5 Å². The number of carbonyl (C=O) groups excluding carboxylic acids is 1. The van der Waals surface area contributed by atoms with E-state index in [0.717, 1.165) is 16.6 Å². The van der Waals surface area contributed by atoms with Crippen molar-refractivity contribution in [2.24, 2.45) is 0 Å². The van der Waals surface area contributed by atoms with E-state index in [0.29, 0.717) is 11.6 Å². The third-order valence-corrected chi connectivity index (χ3v) is 3.18. The van der Waals surface area contributed by atoms with Crippen LogP contribution in [0.4, 0.5) is 0 Å². The third-order valence-electron chi connectivity index (χ3n) is 3.18. The summed E-state index contributed by atoms with van der Waals surface area (Å²) in [6, 6.07) is 13.7. The SMILES string of the molecule is Cc1nc(CNC(=O)COc2ccc3ccccc3c2)n[nH]1. The van der Waals surface area contributed by atoms with Crippen LogP contribution in [0.25, 0.3) is 10.8 Å². The normalized spacial score (nSPS) is 10.6. The van der Waals surface area contributed by atoms with Crippen LogP contribution in [0.1, 0.15) is 11.6 Å². The Morgan fingerprint density at radius 2 is 2.05 bits per heavy atom. The van der Waals surface area contributed by atoms with Crippen LogP contribution in [-0.2, 0) is 11.3 Å². The van der Waals surface area contributed by atoms with E-state index in [1.807, 2.05) is 42.5 Å². The smallest absolute Gasteiger partial charge is 0.258 e. The molecular weight excluding hydrogens is 280 g/mol. The molecule has 0 saturated heterocycles. The van der Waals surface area contributed by atoms with E-state index in [-0.39, 0.29) is 19.1 Å². The Morgan fingerprint density at radius 3 is 2.82 bits per heavy atom. The molecule has 1 aromatic heterocycles. The van der Waals surface area contributed by atoms with Crippen LogP contribution in [0.3, 0.4) is 0 Å². The molecule has 0 radical (unpaired) electrons. The lowest BCUT2D eigenvalue weighted by molar-refractivity contribution is -0.123. The van der Waals surface area contributed by atoms with Crippen molar-refractivity contribution in [3.05, 3.63) is 54.1 Å². The minimum Gasteiger partial charge on any atom is -0.484 e. The molecule has 0 unspecified atom stereocenters. The van der Waals surface area contributed by atoms with Crippen molar-refractivity contribution < 1.29 is 9.53 Å². The zero-order chi connectivity index (χ0) is 15.4. The molecule has 0 aliphatic rings. The highest BCUT2D eigenvalue weighted by Gasteiger charge is 2.05. The Kier molecular flexibility index (Phi) is 4.00. The number of fused-ring (bicyclic) bond motifs is 1. The lowest BCUT2D eigenvalue weighted by Gasteiger charge is -2.07. The predicted octanol–water partition coefficient (Wildman–Crippen LogP) is 1.96. The van der Waals surface area contributed by atoms with Gasteiger partial charge in [0.1, 0.15) is 11.6 Å². The molecule has 0 aliphatic carbocycles. The third kappa shape index (κ3) is 3.41. The molecule has 2 aromatic carbocycles. The number of carbonyl (C=O) groups is 1. The Morgan fingerprint density at radius 1 is 1.23 bits per heavy atom. The molecule has 1 amide bonds. The topological polar surface area (TPSA) is 79.9 Å². The molecule has 6 nitrogen and oxygen atoms in total. The number of ether oxygens (including phenoxy) is 1. The Balaban J connectivity index is 1.53. The number of nitrogens with zero attached hydrogens (tertiary/aromatic N) is 2. The van der Waals surface area contributed by atoms with Gasteiger partial charge in [-0.3, -0.25) is 9.89 Å². The first-order valence-corrected chi connectivity index (χ1v) is 6.97. The van der Waals surface area contributed by atoms with Gasteiger partial charge in [-0.25, -0.2) is 4.98 Å². The van der Waals surface area contributed by atoms with Gasteiger partial charge in [-0.05, 0) is 29.8 Å². The number of nitrogens with one attached hydrogen (secondary N) is 2. The van der Waals surface area contributed by atoms with Gasteiger partial charge in [0.15, 0.2) is 12.4 Å². The van der Waals surface area contributed by atoms with Crippen LogP contribution < -0.4 is 10.1 Å². The fourth-order valence-electron chi connectivity index (χ4n) is 2.10. The molecule has 6 heteroatoms. The number of aryl methyl sites for hydroxylation is 1. The second-order valence-corrected chi connectivity index (χ2v) is 4.91. The fourth-order valence-corrected chi connectivity index (χ4v) is 2.10. The van der Waals surface area contributed by atoms with E-state index in [9.17, 15) is 4.79 Å². The Labute approximate surface area is 127 Å². The van der Waals surface area contributed by atoms with Gasteiger partial charge in [0, 0.05) is 0 Å². The van der Waals surface area contributed by atoms with Crippen molar-refractivity contribution in [3.63, 3.8) is 0 Å². The minimum absolute atomic E-state index is 0.0399. The number of hydrogen-bond donors (Lipinski definition) is 2. The molecule has 0 atom stereocenters. The Bertz CT molecular complexity index is 797. The maximum Gasteiger partial charge on any atom is 0.258 e. The second kappa shape index (κ2) is 6.26.